The highest BCUT2D eigenvalue weighted by Gasteiger charge is 2.30. The number of carbonyl (C=O) groups is 2. The molecule has 0 saturated heterocycles. The van der Waals surface area contributed by atoms with Gasteiger partial charge in [0.25, 0.3) is 11.8 Å². The molecule has 0 saturated carbocycles. The third-order valence-electron chi connectivity index (χ3n) is 3.43. The van der Waals surface area contributed by atoms with Gasteiger partial charge in [-0.15, -0.1) is 0 Å². The molecule has 1 aromatic rings. The number of rotatable bonds is 10. The molecule has 0 radical (unpaired) electrons. The number of hydrogen-bond donors (Lipinski definition) is 3. The molecule has 2 atom stereocenters. The minimum atomic E-state index is -1.54. The summed E-state index contributed by atoms with van der Waals surface area (Å²) in [6.07, 6.45) is -0.707. The quantitative estimate of drug-likeness (QED) is 0.317. The summed E-state index contributed by atoms with van der Waals surface area (Å²) in [5.41, 5.74) is 6.05. The Bertz CT molecular complexity index is 598. The first-order valence-corrected chi connectivity index (χ1v) is 9.80. The van der Waals surface area contributed by atoms with Gasteiger partial charge in [-0.2, -0.15) is 11.8 Å². The number of hydrogen-bond acceptors (Lipinski definition) is 7. The van der Waals surface area contributed by atoms with Crippen molar-refractivity contribution in [3.05, 3.63) is 29.8 Å². The molecule has 5 N–H and O–H groups in total. The molecule has 2 amide bonds. The van der Waals surface area contributed by atoms with Crippen molar-refractivity contribution in [3.8, 4) is 5.75 Å². The Labute approximate surface area is 159 Å². The van der Waals surface area contributed by atoms with Crippen molar-refractivity contribution in [2.45, 2.75) is 39.3 Å². The molecule has 7 nitrogen and oxygen atoms in total. The number of nitrogens with zero attached hydrogens (tertiary/aromatic N) is 1. The lowest BCUT2D eigenvalue weighted by molar-refractivity contribution is -0.138. The molecule has 0 aliphatic rings. The van der Waals surface area contributed by atoms with Crippen molar-refractivity contribution in [2.24, 2.45) is 17.5 Å². The largest absolute Gasteiger partial charge is 0.494 e. The number of ether oxygens (including phenoxy) is 1. The highest BCUT2D eigenvalue weighted by atomic mass is 32.2. The first kappa shape index (κ1) is 22.4. The lowest BCUT2D eigenvalue weighted by Gasteiger charge is -2.22. The van der Waals surface area contributed by atoms with Crippen molar-refractivity contribution < 1.29 is 19.4 Å². The second-order valence-corrected chi connectivity index (χ2v) is 7.50. The Kier molecular flexibility index (Phi) is 9.64. The molecule has 8 heteroatoms. The summed E-state index contributed by atoms with van der Waals surface area (Å²) in [6, 6.07) is 5.59. The van der Waals surface area contributed by atoms with Crippen molar-refractivity contribution in [1.82, 2.24) is 5.01 Å². The van der Waals surface area contributed by atoms with Crippen LogP contribution in [0.15, 0.2) is 24.3 Å². The Balaban J connectivity index is 2.70. The number of amides is 2. The molecule has 26 heavy (non-hydrogen) atoms. The molecule has 1 aromatic carbocycles. The van der Waals surface area contributed by atoms with Gasteiger partial charge in [0.2, 0.25) is 0 Å². The number of aliphatic hydroxyl groups excluding tert-OH is 1. The summed E-state index contributed by atoms with van der Waals surface area (Å²) in [5.74, 6) is 6.24. The van der Waals surface area contributed by atoms with Gasteiger partial charge in [-0.25, -0.2) is 10.9 Å². The second kappa shape index (κ2) is 11.2. The van der Waals surface area contributed by atoms with E-state index in [1.807, 2.05) is 6.92 Å². The first-order valence-electron chi connectivity index (χ1n) is 8.65. The fourth-order valence-electron chi connectivity index (χ4n) is 2.03. The molecular formula is C18H29N3O4S. The average molecular weight is 384 g/mol. The molecule has 0 aliphatic carbocycles. The van der Waals surface area contributed by atoms with Crippen molar-refractivity contribution in [2.75, 3.05) is 18.1 Å². The van der Waals surface area contributed by atoms with Crippen LogP contribution in [0.25, 0.3) is 0 Å². The number of thioether (sulfide) groups is 1. The van der Waals surface area contributed by atoms with Crippen LogP contribution in [0.2, 0.25) is 0 Å². The van der Waals surface area contributed by atoms with Crippen LogP contribution in [-0.2, 0) is 4.79 Å². The summed E-state index contributed by atoms with van der Waals surface area (Å²) < 4.78 is 5.47. The monoisotopic (exact) mass is 383 g/mol. The number of nitrogens with two attached hydrogens (primary N) is 2. The van der Waals surface area contributed by atoms with Crippen LogP contribution in [0.5, 0.6) is 5.75 Å². The molecule has 2 unspecified atom stereocenters. The topological polar surface area (TPSA) is 119 Å². The summed E-state index contributed by atoms with van der Waals surface area (Å²) in [4.78, 5) is 24.7. The zero-order valence-electron chi connectivity index (χ0n) is 15.6. The summed E-state index contributed by atoms with van der Waals surface area (Å²) in [5, 5.41) is 10.5. The predicted molar refractivity (Wildman–Crippen MR) is 104 cm³/mol. The molecule has 0 fully saturated rings. The zero-order valence-corrected chi connectivity index (χ0v) is 16.4. The minimum absolute atomic E-state index is 0.199. The predicted octanol–water partition coefficient (Wildman–Crippen LogP) is 1.40. The SMILES string of the molecule is CCCOc1cccc(C(=O)N(N)C(=O)C(O)C(N)CSCC(C)C)c1. The maximum atomic E-state index is 12.4. The van der Waals surface area contributed by atoms with Crippen molar-refractivity contribution in [1.29, 1.82) is 0 Å². The molecule has 0 heterocycles. The average Bonchev–Trinajstić information content (AvgIpc) is 2.63. The number of hydrazine groups is 1. The molecule has 0 aliphatic heterocycles. The van der Waals surface area contributed by atoms with E-state index in [9.17, 15) is 14.7 Å². The number of benzene rings is 1. The summed E-state index contributed by atoms with van der Waals surface area (Å²) in [7, 11) is 0. The lowest BCUT2D eigenvalue weighted by atomic mass is 10.1. The maximum Gasteiger partial charge on any atom is 0.275 e. The Hall–Kier alpha value is -1.61. The molecule has 0 spiro atoms. The van der Waals surface area contributed by atoms with Crippen LogP contribution in [0.4, 0.5) is 0 Å². The fraction of sp³-hybridized carbons (Fsp3) is 0.556. The van der Waals surface area contributed by atoms with E-state index < -0.39 is 24.0 Å². The van der Waals surface area contributed by atoms with Gasteiger partial charge in [0.15, 0.2) is 6.10 Å². The Morgan fingerprint density at radius 3 is 2.62 bits per heavy atom. The number of aliphatic hydroxyl groups is 1. The van der Waals surface area contributed by atoms with Gasteiger partial charge < -0.3 is 15.6 Å². The van der Waals surface area contributed by atoms with Crippen LogP contribution in [0, 0.1) is 5.92 Å². The van der Waals surface area contributed by atoms with Gasteiger partial charge in [0.05, 0.1) is 6.61 Å². The van der Waals surface area contributed by atoms with Crippen LogP contribution in [-0.4, -0.2) is 52.2 Å². The van der Waals surface area contributed by atoms with E-state index in [0.29, 0.717) is 29.0 Å². The van der Waals surface area contributed by atoms with Gasteiger partial charge in [0, 0.05) is 17.4 Å². The first-order chi connectivity index (χ1) is 12.3. The Morgan fingerprint density at radius 1 is 1.31 bits per heavy atom. The van der Waals surface area contributed by atoms with Crippen LogP contribution >= 0.6 is 11.8 Å². The van der Waals surface area contributed by atoms with E-state index in [-0.39, 0.29) is 5.56 Å². The van der Waals surface area contributed by atoms with E-state index in [2.05, 4.69) is 13.8 Å². The Morgan fingerprint density at radius 2 is 2.00 bits per heavy atom. The normalized spacial score (nSPS) is 13.3. The van der Waals surface area contributed by atoms with E-state index in [0.717, 1.165) is 12.2 Å². The third-order valence-corrected chi connectivity index (χ3v) is 4.95. The number of carbonyl (C=O) groups excluding carboxylic acids is 2. The highest BCUT2D eigenvalue weighted by Crippen LogP contribution is 2.16. The molecule has 1 rings (SSSR count). The van der Waals surface area contributed by atoms with E-state index in [1.54, 1.807) is 23.9 Å². The smallest absolute Gasteiger partial charge is 0.275 e. The van der Waals surface area contributed by atoms with Gasteiger partial charge in [-0.3, -0.25) is 9.59 Å². The van der Waals surface area contributed by atoms with E-state index >= 15 is 0 Å². The van der Waals surface area contributed by atoms with Gasteiger partial charge in [0.1, 0.15) is 5.75 Å². The summed E-state index contributed by atoms with van der Waals surface area (Å²) in [6.45, 7) is 6.63. The minimum Gasteiger partial charge on any atom is -0.494 e. The van der Waals surface area contributed by atoms with Gasteiger partial charge in [-0.1, -0.05) is 26.8 Å². The van der Waals surface area contributed by atoms with E-state index in [4.69, 9.17) is 16.3 Å². The molecule has 0 bridgehead atoms. The third kappa shape index (κ3) is 6.95. The van der Waals surface area contributed by atoms with Crippen LogP contribution < -0.4 is 16.3 Å². The van der Waals surface area contributed by atoms with Gasteiger partial charge in [-0.05, 0) is 36.3 Å². The molecular weight excluding hydrogens is 354 g/mol. The van der Waals surface area contributed by atoms with Crippen molar-refractivity contribution >= 4 is 23.6 Å². The number of imide groups is 1. The highest BCUT2D eigenvalue weighted by molar-refractivity contribution is 7.99. The van der Waals surface area contributed by atoms with E-state index in [1.165, 1.54) is 12.1 Å². The molecule has 0 aromatic heterocycles. The standard InChI is InChI=1S/C18H29N3O4S/c1-4-8-25-14-7-5-6-13(9-14)17(23)21(20)18(24)16(22)15(19)11-26-10-12(2)3/h5-7,9,12,15-16,22H,4,8,10-11,19-20H2,1-3H3. The van der Waals surface area contributed by atoms with Crippen LogP contribution in [0.1, 0.15) is 37.6 Å². The fourth-order valence-corrected chi connectivity index (χ4v) is 3.10. The lowest BCUT2D eigenvalue weighted by Crippen LogP contribution is -2.54. The molecule has 146 valence electrons. The maximum absolute atomic E-state index is 12.4. The van der Waals surface area contributed by atoms with Crippen LogP contribution in [0.3, 0.4) is 0 Å². The van der Waals surface area contributed by atoms with Gasteiger partial charge >= 0.3 is 0 Å². The second-order valence-electron chi connectivity index (χ2n) is 6.43. The zero-order chi connectivity index (χ0) is 19.7. The van der Waals surface area contributed by atoms with Crippen molar-refractivity contribution in [3.63, 3.8) is 0 Å². The summed E-state index contributed by atoms with van der Waals surface area (Å²) >= 11 is 1.54.